The van der Waals surface area contributed by atoms with Gasteiger partial charge in [-0.1, -0.05) is 54.6 Å². The molecule has 1 saturated heterocycles. The standard InChI is InChI=1S/C28H34N4O5/c29-25(31-28(36)37-18-19-4-2-1-3-5-19)22-8-6-20(7-9-22)21-14-16-32(17-15-21)27(35)30-24-12-10-23(11-13-24)26(33)34/h1-9,21,23-24H,10-18H2,(H,30,35)(H,33,34)(H2,29,31,36)/t23-,24-. The molecule has 2 aromatic rings. The number of carbonyl (C=O) groups excluding carboxylic acids is 2. The number of ether oxygens (including phenoxy) is 1. The molecule has 1 saturated carbocycles. The summed E-state index contributed by atoms with van der Waals surface area (Å²) >= 11 is 0. The van der Waals surface area contributed by atoms with E-state index in [1.807, 2.05) is 59.5 Å². The lowest BCUT2D eigenvalue weighted by Gasteiger charge is -2.34. The molecule has 4 N–H and O–H groups in total. The molecule has 0 atom stereocenters. The van der Waals surface area contributed by atoms with Crippen LogP contribution in [0.2, 0.25) is 0 Å². The van der Waals surface area contributed by atoms with Gasteiger partial charge >= 0.3 is 18.1 Å². The van der Waals surface area contributed by atoms with E-state index in [1.165, 1.54) is 0 Å². The topological polar surface area (TPSA) is 132 Å². The smallest absolute Gasteiger partial charge is 0.413 e. The Balaban J connectivity index is 1.19. The summed E-state index contributed by atoms with van der Waals surface area (Å²) in [6.07, 6.45) is 3.67. The van der Waals surface area contributed by atoms with Crippen LogP contribution in [0.1, 0.15) is 61.1 Å². The number of nitrogens with one attached hydrogen (secondary N) is 3. The fourth-order valence-corrected chi connectivity index (χ4v) is 5.02. The average molecular weight is 507 g/mol. The van der Waals surface area contributed by atoms with Crippen LogP contribution in [0.3, 0.4) is 0 Å². The Hall–Kier alpha value is -3.88. The second-order valence-corrected chi connectivity index (χ2v) is 9.78. The van der Waals surface area contributed by atoms with Crippen molar-refractivity contribution in [1.82, 2.24) is 15.5 Å². The summed E-state index contributed by atoms with van der Waals surface area (Å²) in [6, 6.07) is 16.9. The minimum Gasteiger partial charge on any atom is -0.481 e. The maximum atomic E-state index is 12.7. The van der Waals surface area contributed by atoms with Crippen molar-refractivity contribution in [3.8, 4) is 0 Å². The first-order valence-corrected chi connectivity index (χ1v) is 12.8. The first kappa shape index (κ1) is 26.2. The summed E-state index contributed by atoms with van der Waals surface area (Å²) in [5.41, 5.74) is 2.62. The summed E-state index contributed by atoms with van der Waals surface area (Å²) in [6.45, 7) is 1.46. The molecule has 0 radical (unpaired) electrons. The molecular weight excluding hydrogens is 472 g/mol. The zero-order valence-corrected chi connectivity index (χ0v) is 20.8. The lowest BCUT2D eigenvalue weighted by molar-refractivity contribution is -0.142. The number of amidine groups is 1. The van der Waals surface area contributed by atoms with Crippen LogP contribution in [0.25, 0.3) is 0 Å². The summed E-state index contributed by atoms with van der Waals surface area (Å²) in [7, 11) is 0. The third-order valence-electron chi connectivity index (χ3n) is 7.30. The van der Waals surface area contributed by atoms with Crippen LogP contribution >= 0.6 is 0 Å². The monoisotopic (exact) mass is 506 g/mol. The molecule has 1 aliphatic heterocycles. The number of rotatable bonds is 6. The largest absolute Gasteiger partial charge is 0.481 e. The van der Waals surface area contributed by atoms with Crippen molar-refractivity contribution in [2.75, 3.05) is 13.1 Å². The van der Waals surface area contributed by atoms with Crippen molar-refractivity contribution < 1.29 is 24.2 Å². The van der Waals surface area contributed by atoms with Gasteiger partial charge in [0.2, 0.25) is 0 Å². The van der Waals surface area contributed by atoms with Gasteiger partial charge in [-0.25, -0.2) is 9.59 Å². The van der Waals surface area contributed by atoms with Crippen LogP contribution in [0.4, 0.5) is 9.59 Å². The summed E-state index contributed by atoms with van der Waals surface area (Å²) in [5.74, 6) is -0.729. The number of hydrogen-bond acceptors (Lipinski definition) is 5. The molecule has 4 rings (SSSR count). The number of likely N-dealkylation sites (tertiary alicyclic amines) is 1. The number of hydrogen-bond donors (Lipinski definition) is 4. The predicted octanol–water partition coefficient (Wildman–Crippen LogP) is 4.47. The van der Waals surface area contributed by atoms with Crippen molar-refractivity contribution >= 4 is 23.9 Å². The highest BCUT2D eigenvalue weighted by Gasteiger charge is 2.29. The van der Waals surface area contributed by atoms with Gasteiger partial charge in [-0.3, -0.25) is 15.5 Å². The second-order valence-electron chi connectivity index (χ2n) is 9.78. The fraction of sp³-hybridized carbons (Fsp3) is 0.429. The SMILES string of the molecule is N=C(NC(=O)OCc1ccccc1)c1ccc(C2CCN(C(=O)N[C@H]3CC[C@H](C(=O)O)CC3)CC2)cc1. The van der Waals surface area contributed by atoms with Gasteiger partial charge in [0.25, 0.3) is 0 Å². The van der Waals surface area contributed by atoms with Gasteiger partial charge in [-0.2, -0.15) is 0 Å². The van der Waals surface area contributed by atoms with Crippen molar-refractivity contribution in [1.29, 1.82) is 5.41 Å². The zero-order valence-electron chi connectivity index (χ0n) is 20.8. The molecular formula is C28H34N4O5. The average Bonchev–Trinajstić information content (AvgIpc) is 2.93. The molecule has 0 bridgehead atoms. The van der Waals surface area contributed by atoms with Gasteiger partial charge < -0.3 is 20.1 Å². The Morgan fingerprint density at radius 2 is 1.57 bits per heavy atom. The normalized spacial score (nSPS) is 20.1. The number of piperidine rings is 1. The molecule has 0 aromatic heterocycles. The highest BCUT2D eigenvalue weighted by Crippen LogP contribution is 2.29. The van der Waals surface area contributed by atoms with E-state index in [-0.39, 0.29) is 30.4 Å². The maximum absolute atomic E-state index is 12.7. The van der Waals surface area contributed by atoms with E-state index in [4.69, 9.17) is 15.3 Å². The maximum Gasteiger partial charge on any atom is 0.413 e. The number of carboxylic acid groups (broad SMARTS) is 1. The Bertz CT molecular complexity index is 1090. The number of urea groups is 1. The van der Waals surface area contributed by atoms with Gasteiger partial charge in [0, 0.05) is 24.7 Å². The molecule has 3 amide bonds. The van der Waals surface area contributed by atoms with E-state index >= 15 is 0 Å². The second kappa shape index (κ2) is 12.4. The van der Waals surface area contributed by atoms with Crippen LogP contribution in [0, 0.1) is 11.3 Å². The third kappa shape index (κ3) is 7.31. The van der Waals surface area contributed by atoms with E-state index in [0.717, 1.165) is 24.0 Å². The third-order valence-corrected chi connectivity index (χ3v) is 7.30. The van der Waals surface area contributed by atoms with Crippen molar-refractivity contribution in [2.45, 2.75) is 57.1 Å². The molecule has 9 heteroatoms. The number of aliphatic carboxylic acids is 1. The van der Waals surface area contributed by atoms with Crippen LogP contribution in [0.15, 0.2) is 54.6 Å². The molecule has 196 valence electrons. The number of carbonyl (C=O) groups is 3. The van der Waals surface area contributed by atoms with Crippen LogP contribution in [-0.4, -0.2) is 53.1 Å². The van der Waals surface area contributed by atoms with Crippen LogP contribution in [-0.2, 0) is 16.1 Å². The van der Waals surface area contributed by atoms with E-state index < -0.39 is 12.1 Å². The minimum absolute atomic E-state index is 0.0199. The van der Waals surface area contributed by atoms with Crippen LogP contribution in [0.5, 0.6) is 0 Å². The van der Waals surface area contributed by atoms with E-state index in [1.54, 1.807) is 0 Å². The lowest BCUT2D eigenvalue weighted by Crippen LogP contribution is -2.48. The molecule has 2 aromatic carbocycles. The highest BCUT2D eigenvalue weighted by molar-refractivity contribution is 6.04. The minimum atomic E-state index is -0.741. The first-order valence-electron chi connectivity index (χ1n) is 12.8. The summed E-state index contributed by atoms with van der Waals surface area (Å²) in [5, 5.41) is 22.9. The van der Waals surface area contributed by atoms with Crippen molar-refractivity contribution in [3.63, 3.8) is 0 Å². The first-order chi connectivity index (χ1) is 17.9. The van der Waals surface area contributed by atoms with E-state index in [0.29, 0.717) is 50.3 Å². The van der Waals surface area contributed by atoms with Gasteiger partial charge in [0.15, 0.2) is 0 Å². The molecule has 37 heavy (non-hydrogen) atoms. The number of alkyl carbamates (subject to hydrolysis) is 1. The Labute approximate surface area is 216 Å². The number of amides is 3. The molecule has 1 heterocycles. The lowest BCUT2D eigenvalue weighted by atomic mass is 9.86. The van der Waals surface area contributed by atoms with Gasteiger partial charge in [0.05, 0.1) is 5.92 Å². The quantitative estimate of drug-likeness (QED) is 0.339. The number of nitrogens with zero attached hydrogens (tertiary/aromatic N) is 1. The van der Waals surface area contributed by atoms with Crippen LogP contribution < -0.4 is 10.6 Å². The van der Waals surface area contributed by atoms with Gasteiger partial charge in [-0.05, 0) is 55.6 Å². The molecule has 0 spiro atoms. The highest BCUT2D eigenvalue weighted by atomic mass is 16.5. The van der Waals surface area contributed by atoms with E-state index in [9.17, 15) is 14.4 Å². The molecule has 9 nitrogen and oxygen atoms in total. The molecule has 1 aliphatic carbocycles. The number of benzene rings is 2. The fourth-order valence-electron chi connectivity index (χ4n) is 5.02. The number of carboxylic acids is 1. The van der Waals surface area contributed by atoms with E-state index in [2.05, 4.69) is 10.6 Å². The van der Waals surface area contributed by atoms with Gasteiger partial charge in [0.1, 0.15) is 12.4 Å². The van der Waals surface area contributed by atoms with Crippen molar-refractivity contribution in [2.24, 2.45) is 5.92 Å². The molecule has 2 aliphatic rings. The van der Waals surface area contributed by atoms with Crippen molar-refractivity contribution in [3.05, 3.63) is 71.3 Å². The Morgan fingerprint density at radius 3 is 2.19 bits per heavy atom. The van der Waals surface area contributed by atoms with Gasteiger partial charge in [-0.15, -0.1) is 0 Å². The summed E-state index contributed by atoms with van der Waals surface area (Å²) in [4.78, 5) is 37.7. The molecule has 2 fully saturated rings. The summed E-state index contributed by atoms with van der Waals surface area (Å²) < 4.78 is 5.18. The Morgan fingerprint density at radius 1 is 0.919 bits per heavy atom. The zero-order chi connectivity index (χ0) is 26.2. The molecule has 0 unspecified atom stereocenters. The predicted molar refractivity (Wildman–Crippen MR) is 138 cm³/mol. The Kier molecular flexibility index (Phi) is 8.77.